The second kappa shape index (κ2) is 8.64. The Hall–Kier alpha value is -1.14. The van der Waals surface area contributed by atoms with E-state index in [9.17, 15) is 0 Å². The summed E-state index contributed by atoms with van der Waals surface area (Å²) in [5, 5.41) is 0. The molecule has 0 heterocycles. The van der Waals surface area contributed by atoms with E-state index in [-0.39, 0.29) is 0 Å². The molecule has 1 atom stereocenters. The smallest absolute Gasteiger partial charge is 0.261 e. The van der Waals surface area contributed by atoms with Crippen molar-refractivity contribution in [3.05, 3.63) is 42.1 Å². The van der Waals surface area contributed by atoms with Crippen LogP contribution in [0.5, 0.6) is 0 Å². The molecular weight excluding hydrogens is 296 g/mol. The van der Waals surface area contributed by atoms with Gasteiger partial charge in [0.2, 0.25) is 0 Å². The summed E-state index contributed by atoms with van der Waals surface area (Å²) in [7, 11) is 6.39. The van der Waals surface area contributed by atoms with Crippen LogP contribution in [0.25, 0.3) is 0 Å². The Morgan fingerprint density at radius 2 is 1.78 bits per heavy atom. The van der Waals surface area contributed by atoms with Gasteiger partial charge >= 0.3 is 0 Å². The van der Waals surface area contributed by atoms with Gasteiger partial charge in [-0.1, -0.05) is 11.6 Å². The molecule has 0 saturated heterocycles. The summed E-state index contributed by atoms with van der Waals surface area (Å²) >= 11 is 0. The van der Waals surface area contributed by atoms with Crippen LogP contribution in [0.4, 0.5) is 0 Å². The zero-order chi connectivity index (χ0) is 17.5. The number of hydrogen-bond acceptors (Lipinski definition) is 5. The average Bonchev–Trinajstić information content (AvgIpc) is 2.57. The molecule has 1 aliphatic rings. The van der Waals surface area contributed by atoms with Gasteiger partial charge in [0.1, 0.15) is 0 Å². The van der Waals surface area contributed by atoms with Crippen LogP contribution < -0.4 is 0 Å². The molecular formula is C18H29O5. The molecule has 5 heteroatoms. The predicted octanol–water partition coefficient (Wildman–Crippen LogP) is 3.04. The van der Waals surface area contributed by atoms with Crippen LogP contribution >= 0.6 is 0 Å². The maximum absolute atomic E-state index is 5.91. The molecule has 1 unspecified atom stereocenters. The predicted molar refractivity (Wildman–Crippen MR) is 89.9 cm³/mol. The molecule has 0 bridgehead atoms. The summed E-state index contributed by atoms with van der Waals surface area (Å²) in [6, 6.07) is 0. The minimum Gasteiger partial charge on any atom is -0.495 e. The lowest BCUT2D eigenvalue weighted by atomic mass is 9.80. The highest BCUT2D eigenvalue weighted by Crippen LogP contribution is 2.45. The largest absolute Gasteiger partial charge is 0.495 e. The quantitative estimate of drug-likeness (QED) is 0.482. The summed E-state index contributed by atoms with van der Waals surface area (Å²) in [6.07, 6.45) is 6.51. The summed E-state index contributed by atoms with van der Waals surface area (Å²) in [5.74, 6) is -0.632. The van der Waals surface area contributed by atoms with E-state index in [2.05, 4.69) is 13.0 Å². The summed E-state index contributed by atoms with van der Waals surface area (Å²) in [6.45, 7) is 8.58. The van der Waals surface area contributed by atoms with Crippen molar-refractivity contribution in [1.82, 2.24) is 0 Å². The molecule has 131 valence electrons. The van der Waals surface area contributed by atoms with E-state index >= 15 is 0 Å². The Kier molecular flexibility index (Phi) is 7.48. The molecule has 1 aliphatic carbocycles. The molecule has 0 N–H and O–H groups in total. The van der Waals surface area contributed by atoms with Crippen LogP contribution in [0.3, 0.4) is 0 Å². The zero-order valence-corrected chi connectivity index (χ0v) is 15.1. The van der Waals surface area contributed by atoms with Crippen LogP contribution in [0.2, 0.25) is 0 Å². The molecule has 23 heavy (non-hydrogen) atoms. The van der Waals surface area contributed by atoms with Gasteiger partial charge in [0.25, 0.3) is 5.79 Å². The third-order valence-corrected chi connectivity index (χ3v) is 4.00. The summed E-state index contributed by atoms with van der Waals surface area (Å²) in [4.78, 5) is 0. The molecule has 1 radical (unpaired) electrons. The van der Waals surface area contributed by atoms with Crippen molar-refractivity contribution in [2.75, 3.05) is 41.7 Å². The number of allylic oxidation sites excluding steroid dienone is 1. The van der Waals surface area contributed by atoms with Gasteiger partial charge < -0.3 is 23.7 Å². The highest BCUT2D eigenvalue weighted by atomic mass is 16.7. The fourth-order valence-corrected chi connectivity index (χ4v) is 2.83. The Morgan fingerprint density at radius 1 is 1.13 bits per heavy atom. The molecule has 5 nitrogen and oxygen atoms in total. The molecule has 0 aliphatic heterocycles. The maximum atomic E-state index is 5.91. The number of rotatable bonds is 9. The van der Waals surface area contributed by atoms with Gasteiger partial charge in [0.15, 0.2) is 11.4 Å². The first kappa shape index (κ1) is 19.9. The molecule has 0 aromatic heterocycles. The average molecular weight is 325 g/mol. The lowest BCUT2D eigenvalue weighted by Gasteiger charge is -2.47. The minimum atomic E-state index is -1.17. The summed E-state index contributed by atoms with van der Waals surface area (Å²) in [5.41, 5.74) is 1.24. The van der Waals surface area contributed by atoms with E-state index in [1.165, 1.54) is 5.57 Å². The highest BCUT2D eigenvalue weighted by molar-refractivity contribution is 5.39. The topological polar surface area (TPSA) is 46.2 Å². The van der Waals surface area contributed by atoms with E-state index in [1.54, 1.807) is 28.4 Å². The molecule has 0 saturated carbocycles. The molecule has 0 spiro atoms. The van der Waals surface area contributed by atoms with Crippen molar-refractivity contribution in [2.45, 2.75) is 31.7 Å². The third-order valence-electron chi connectivity index (χ3n) is 4.00. The third kappa shape index (κ3) is 3.86. The van der Waals surface area contributed by atoms with E-state index in [1.807, 2.05) is 26.0 Å². The van der Waals surface area contributed by atoms with Crippen LogP contribution in [0.1, 0.15) is 20.3 Å². The first-order valence-corrected chi connectivity index (χ1v) is 7.59. The van der Waals surface area contributed by atoms with Crippen LogP contribution in [-0.2, 0) is 23.7 Å². The van der Waals surface area contributed by atoms with E-state index in [4.69, 9.17) is 23.7 Å². The normalized spacial score (nSPS) is 23.1. The monoisotopic (exact) mass is 325 g/mol. The zero-order valence-electron chi connectivity index (χ0n) is 15.1. The first-order valence-electron chi connectivity index (χ1n) is 7.59. The van der Waals surface area contributed by atoms with Crippen LogP contribution in [0, 0.1) is 6.92 Å². The van der Waals surface area contributed by atoms with Crippen molar-refractivity contribution in [1.29, 1.82) is 0 Å². The maximum Gasteiger partial charge on any atom is 0.261 e. The molecule has 0 aromatic carbocycles. The second-order valence-corrected chi connectivity index (χ2v) is 5.59. The van der Waals surface area contributed by atoms with Crippen molar-refractivity contribution >= 4 is 0 Å². The molecule has 1 rings (SSSR count). The van der Waals surface area contributed by atoms with Crippen LogP contribution in [-0.4, -0.2) is 53.0 Å². The number of hydrogen-bond donors (Lipinski definition) is 0. The first-order chi connectivity index (χ1) is 10.9. The lowest BCUT2D eigenvalue weighted by Crippen LogP contribution is -2.59. The summed E-state index contributed by atoms with van der Waals surface area (Å²) < 4.78 is 28.4. The molecule has 0 aromatic rings. The van der Waals surface area contributed by atoms with E-state index in [0.717, 1.165) is 5.57 Å². The van der Waals surface area contributed by atoms with Gasteiger partial charge in [-0.25, -0.2) is 0 Å². The van der Waals surface area contributed by atoms with Gasteiger partial charge in [0.05, 0.1) is 13.7 Å². The van der Waals surface area contributed by atoms with E-state index < -0.39 is 11.4 Å². The molecule has 0 amide bonds. The second-order valence-electron chi connectivity index (χ2n) is 5.59. The van der Waals surface area contributed by atoms with Gasteiger partial charge in [-0.15, -0.1) is 0 Å². The van der Waals surface area contributed by atoms with E-state index in [0.29, 0.717) is 25.4 Å². The van der Waals surface area contributed by atoms with Gasteiger partial charge in [-0.2, -0.15) is 0 Å². The van der Waals surface area contributed by atoms with Gasteiger partial charge in [0, 0.05) is 34.4 Å². The molecule has 0 fully saturated rings. The van der Waals surface area contributed by atoms with Crippen molar-refractivity contribution < 1.29 is 23.7 Å². The Balaban J connectivity index is 3.44. The number of ether oxygens (including phenoxy) is 5. The Labute approximate surface area is 139 Å². The SMILES string of the molecule is [CH2]COCC1=CC(CC=C(C)C)(OC)C(OC)(OC)C(OC)=C1. The van der Waals surface area contributed by atoms with Gasteiger partial charge in [-0.3, -0.25) is 0 Å². The van der Waals surface area contributed by atoms with Gasteiger partial charge in [-0.05, 0) is 38.5 Å². The number of methoxy groups -OCH3 is 4. The van der Waals surface area contributed by atoms with Crippen LogP contribution in [0.15, 0.2) is 35.1 Å². The highest BCUT2D eigenvalue weighted by Gasteiger charge is 2.57. The van der Waals surface area contributed by atoms with Crippen molar-refractivity contribution in [3.63, 3.8) is 0 Å². The fraction of sp³-hybridized carbons (Fsp3) is 0.611. The van der Waals surface area contributed by atoms with Crippen molar-refractivity contribution in [3.8, 4) is 0 Å². The standard InChI is InChI=1S/C18H29O5/c1-8-23-13-15-11-16(19-4)18(21-6,22-7)17(12-15,20-5)10-9-14(2)3/h9,11-12H,1,8,10,13H2,2-7H3. The Morgan fingerprint density at radius 3 is 2.22 bits per heavy atom. The fourth-order valence-electron chi connectivity index (χ4n) is 2.83. The Bertz CT molecular complexity index is 470. The van der Waals surface area contributed by atoms with Crippen molar-refractivity contribution in [2.24, 2.45) is 0 Å². The minimum absolute atomic E-state index is 0.390. The lowest BCUT2D eigenvalue weighted by molar-refractivity contribution is -0.285.